The summed E-state index contributed by atoms with van der Waals surface area (Å²) in [6.45, 7) is 11.8. The molecule has 0 aliphatic heterocycles. The van der Waals surface area contributed by atoms with Gasteiger partial charge < -0.3 is 18.9 Å². The average Bonchev–Trinajstić information content (AvgIpc) is 2.89. The van der Waals surface area contributed by atoms with Gasteiger partial charge in [-0.2, -0.15) is 0 Å². The molecular weight excluding hydrogens is 456 g/mol. The van der Waals surface area contributed by atoms with Crippen LogP contribution in [0.4, 0.5) is 0 Å². The lowest BCUT2D eigenvalue weighted by Crippen LogP contribution is -2.24. The molecular formula is C30H40O6. The van der Waals surface area contributed by atoms with Gasteiger partial charge in [0.05, 0.1) is 0 Å². The maximum atomic E-state index is 11.7. The summed E-state index contributed by atoms with van der Waals surface area (Å²) in [5.74, 6) is 0.549. The van der Waals surface area contributed by atoms with Crippen LogP contribution in [0, 0.1) is 0 Å². The first-order valence-corrected chi connectivity index (χ1v) is 12.9. The Balaban J connectivity index is 1.98. The quantitative estimate of drug-likeness (QED) is 0.126. The van der Waals surface area contributed by atoms with Crippen molar-refractivity contribution < 1.29 is 28.5 Å². The Morgan fingerprint density at radius 3 is 1.50 bits per heavy atom. The highest BCUT2D eigenvalue weighted by atomic mass is 16.6. The van der Waals surface area contributed by atoms with E-state index < -0.39 is 11.9 Å². The Kier molecular flexibility index (Phi) is 13.2. The molecule has 2 aromatic rings. The van der Waals surface area contributed by atoms with Gasteiger partial charge in [0.2, 0.25) is 0 Å². The Labute approximate surface area is 215 Å². The number of ether oxygens (including phenoxy) is 4. The van der Waals surface area contributed by atoms with Gasteiger partial charge in [-0.25, -0.2) is 9.59 Å². The molecule has 0 aromatic heterocycles. The topological polar surface area (TPSA) is 71.1 Å². The van der Waals surface area contributed by atoms with Crippen molar-refractivity contribution in [3.05, 3.63) is 61.7 Å². The minimum Gasteiger partial charge on any atom is -0.490 e. The van der Waals surface area contributed by atoms with Gasteiger partial charge in [0.25, 0.3) is 0 Å². The number of fused-ring (bicyclic) bond motifs is 1. The standard InChI is InChI=1S/C30H40O6/c1-5-9-11-13-27(35-29(31)7-3)21-33-25-17-15-24-20-26(18-16-23(24)19-25)34-22-28(14-12-10-6-2)36-30(32)8-4/h7-8,15-20,27-28H,3-6,9-14,21-22H2,1-2H3. The summed E-state index contributed by atoms with van der Waals surface area (Å²) in [6, 6.07) is 11.6. The van der Waals surface area contributed by atoms with Crippen LogP contribution in [0.25, 0.3) is 10.8 Å². The van der Waals surface area contributed by atoms with E-state index in [1.807, 2.05) is 36.4 Å². The molecule has 0 aliphatic carbocycles. The van der Waals surface area contributed by atoms with Crippen molar-refractivity contribution in [3.63, 3.8) is 0 Å². The molecule has 36 heavy (non-hydrogen) atoms. The first-order chi connectivity index (χ1) is 17.5. The smallest absolute Gasteiger partial charge is 0.330 e. The molecule has 0 aliphatic rings. The Morgan fingerprint density at radius 1 is 0.722 bits per heavy atom. The first kappa shape index (κ1) is 29.0. The number of hydrogen-bond donors (Lipinski definition) is 0. The predicted molar refractivity (Wildman–Crippen MR) is 143 cm³/mol. The summed E-state index contributed by atoms with van der Waals surface area (Å²) in [6.07, 6.45) is 9.55. The Morgan fingerprint density at radius 2 is 1.14 bits per heavy atom. The van der Waals surface area contributed by atoms with Crippen LogP contribution in [-0.4, -0.2) is 37.4 Å². The molecule has 0 saturated heterocycles. The van der Waals surface area contributed by atoms with Crippen LogP contribution in [0.5, 0.6) is 11.5 Å². The van der Waals surface area contributed by atoms with Gasteiger partial charge in [-0.05, 0) is 60.7 Å². The highest BCUT2D eigenvalue weighted by Gasteiger charge is 2.15. The van der Waals surface area contributed by atoms with E-state index in [4.69, 9.17) is 18.9 Å². The molecule has 2 atom stereocenters. The van der Waals surface area contributed by atoms with Crippen molar-refractivity contribution in [2.45, 2.75) is 77.4 Å². The van der Waals surface area contributed by atoms with Gasteiger partial charge in [-0.3, -0.25) is 0 Å². The number of esters is 2. The van der Waals surface area contributed by atoms with Gasteiger partial charge in [0, 0.05) is 12.2 Å². The second kappa shape index (κ2) is 16.4. The molecule has 0 bridgehead atoms. The molecule has 0 fully saturated rings. The van der Waals surface area contributed by atoms with Crippen LogP contribution >= 0.6 is 0 Å². The van der Waals surface area contributed by atoms with Crippen LogP contribution in [0.2, 0.25) is 0 Å². The second-order valence-corrected chi connectivity index (χ2v) is 8.81. The van der Waals surface area contributed by atoms with E-state index in [0.29, 0.717) is 24.7 Å². The maximum absolute atomic E-state index is 11.7. The molecule has 6 nitrogen and oxygen atoms in total. The lowest BCUT2D eigenvalue weighted by Gasteiger charge is -2.18. The number of unbranched alkanes of at least 4 members (excludes halogenated alkanes) is 4. The van der Waals surface area contributed by atoms with Crippen LogP contribution in [0.3, 0.4) is 0 Å². The second-order valence-electron chi connectivity index (χ2n) is 8.81. The van der Waals surface area contributed by atoms with Gasteiger partial charge >= 0.3 is 11.9 Å². The van der Waals surface area contributed by atoms with Gasteiger partial charge in [-0.15, -0.1) is 0 Å². The number of carbonyl (C=O) groups is 2. The zero-order chi connectivity index (χ0) is 26.2. The van der Waals surface area contributed by atoms with Crippen molar-refractivity contribution in [3.8, 4) is 11.5 Å². The summed E-state index contributed by atoms with van der Waals surface area (Å²) in [5.41, 5.74) is 0. The fraction of sp³-hybridized carbons (Fsp3) is 0.467. The van der Waals surface area contributed by atoms with E-state index in [1.165, 1.54) is 12.2 Å². The predicted octanol–water partition coefficient (Wildman–Crippen LogP) is 6.95. The van der Waals surface area contributed by atoms with Crippen molar-refractivity contribution in [2.75, 3.05) is 13.2 Å². The number of hydrogen-bond acceptors (Lipinski definition) is 6. The molecule has 6 heteroatoms. The fourth-order valence-corrected chi connectivity index (χ4v) is 3.78. The summed E-state index contributed by atoms with van der Waals surface area (Å²) >= 11 is 0. The zero-order valence-electron chi connectivity index (χ0n) is 21.7. The highest BCUT2D eigenvalue weighted by molar-refractivity contribution is 5.85. The molecule has 2 rings (SSSR count). The Bertz CT molecular complexity index is 903. The summed E-state index contributed by atoms with van der Waals surface area (Å²) in [7, 11) is 0. The number of benzene rings is 2. The lowest BCUT2D eigenvalue weighted by atomic mass is 10.1. The largest absolute Gasteiger partial charge is 0.490 e. The molecule has 2 unspecified atom stereocenters. The normalized spacial score (nSPS) is 12.4. The zero-order valence-corrected chi connectivity index (χ0v) is 21.7. The van der Waals surface area contributed by atoms with Crippen molar-refractivity contribution in [1.82, 2.24) is 0 Å². The number of carbonyl (C=O) groups excluding carboxylic acids is 2. The maximum Gasteiger partial charge on any atom is 0.330 e. The highest BCUT2D eigenvalue weighted by Crippen LogP contribution is 2.26. The van der Waals surface area contributed by atoms with E-state index in [0.717, 1.165) is 62.1 Å². The summed E-state index contributed by atoms with van der Waals surface area (Å²) in [4.78, 5) is 23.3. The van der Waals surface area contributed by atoms with Crippen molar-refractivity contribution >= 4 is 22.7 Å². The Hall–Kier alpha value is -3.28. The van der Waals surface area contributed by atoms with E-state index in [-0.39, 0.29) is 12.2 Å². The van der Waals surface area contributed by atoms with Crippen LogP contribution in [0.15, 0.2) is 61.7 Å². The third kappa shape index (κ3) is 10.5. The SMILES string of the molecule is C=CC(=O)OC(CCCCC)COc1ccc2cc(OCC(CCCCC)OC(=O)C=C)ccc2c1. The van der Waals surface area contributed by atoms with E-state index in [9.17, 15) is 9.59 Å². The molecule has 0 spiro atoms. The third-order valence-corrected chi connectivity index (χ3v) is 5.81. The monoisotopic (exact) mass is 496 g/mol. The van der Waals surface area contributed by atoms with Crippen molar-refractivity contribution in [2.24, 2.45) is 0 Å². The molecule has 2 aromatic carbocycles. The van der Waals surface area contributed by atoms with Crippen molar-refractivity contribution in [1.29, 1.82) is 0 Å². The molecule has 0 radical (unpaired) electrons. The van der Waals surface area contributed by atoms with Crippen LogP contribution in [0.1, 0.15) is 65.2 Å². The van der Waals surface area contributed by atoms with E-state index in [1.54, 1.807) is 0 Å². The third-order valence-electron chi connectivity index (χ3n) is 5.81. The lowest BCUT2D eigenvalue weighted by molar-refractivity contribution is -0.145. The van der Waals surface area contributed by atoms with Gasteiger partial charge in [0.1, 0.15) is 36.9 Å². The molecule has 0 saturated carbocycles. The molecule has 0 N–H and O–H groups in total. The first-order valence-electron chi connectivity index (χ1n) is 12.9. The minimum absolute atomic E-state index is 0.291. The summed E-state index contributed by atoms with van der Waals surface area (Å²) in [5, 5.41) is 2.01. The molecule has 0 amide bonds. The van der Waals surface area contributed by atoms with Gasteiger partial charge in [0.15, 0.2) is 0 Å². The van der Waals surface area contributed by atoms with E-state index in [2.05, 4.69) is 27.0 Å². The number of rotatable bonds is 18. The van der Waals surface area contributed by atoms with Gasteiger partial charge in [-0.1, -0.05) is 64.8 Å². The molecule has 196 valence electrons. The van der Waals surface area contributed by atoms with Crippen LogP contribution < -0.4 is 9.47 Å². The minimum atomic E-state index is -0.432. The van der Waals surface area contributed by atoms with Crippen LogP contribution in [-0.2, 0) is 19.1 Å². The molecule has 0 heterocycles. The van der Waals surface area contributed by atoms with E-state index >= 15 is 0 Å². The average molecular weight is 497 g/mol. The fourth-order valence-electron chi connectivity index (χ4n) is 3.78. The summed E-state index contributed by atoms with van der Waals surface area (Å²) < 4.78 is 22.8.